The first-order chi connectivity index (χ1) is 4.52. The third kappa shape index (κ3) is 1.15. The molecule has 1 aliphatic carbocycles. The third-order valence-electron chi connectivity index (χ3n) is 1.96. The summed E-state index contributed by atoms with van der Waals surface area (Å²) in [4.78, 5) is 0. The maximum atomic E-state index is 11.7. The Hall–Kier alpha value is -0.160. The van der Waals surface area contributed by atoms with Crippen molar-refractivity contribution in [3.8, 4) is 0 Å². The highest BCUT2D eigenvalue weighted by Crippen LogP contribution is 2.44. The predicted molar refractivity (Wildman–Crippen MR) is 35.7 cm³/mol. The molecule has 0 amide bonds. The molecular formula is C5H10FNO2S. The van der Waals surface area contributed by atoms with Gasteiger partial charge in [0.15, 0.2) is 0 Å². The Kier molecular flexibility index (Phi) is 1.72. The Morgan fingerprint density at radius 1 is 1.50 bits per heavy atom. The van der Waals surface area contributed by atoms with Gasteiger partial charge in [-0.25, -0.2) is 13.6 Å². The zero-order valence-electron chi connectivity index (χ0n) is 5.51. The summed E-state index contributed by atoms with van der Waals surface area (Å²) >= 11 is 0. The minimum Gasteiger partial charge on any atom is -0.251 e. The molecular weight excluding hydrogens is 157 g/mol. The van der Waals surface area contributed by atoms with Gasteiger partial charge in [0, 0.05) is 0 Å². The number of primary sulfonamides is 1. The van der Waals surface area contributed by atoms with Crippen molar-refractivity contribution in [1.29, 1.82) is 0 Å². The summed E-state index contributed by atoms with van der Waals surface area (Å²) in [6.45, 7) is -0.601. The highest BCUT2D eigenvalue weighted by Gasteiger charge is 2.52. The number of hydrogen-bond donors (Lipinski definition) is 1. The quantitative estimate of drug-likeness (QED) is 0.651. The van der Waals surface area contributed by atoms with E-state index in [0.29, 0.717) is 12.8 Å². The number of sulfonamides is 1. The molecule has 0 aromatic heterocycles. The first-order valence-electron chi connectivity index (χ1n) is 3.10. The number of nitrogens with two attached hydrogens (primary N) is 1. The number of rotatable bonds is 3. The van der Waals surface area contributed by atoms with Crippen LogP contribution in [-0.4, -0.2) is 19.8 Å². The van der Waals surface area contributed by atoms with Crippen LogP contribution in [0.4, 0.5) is 4.39 Å². The highest BCUT2D eigenvalue weighted by atomic mass is 32.2. The molecule has 0 radical (unpaired) electrons. The summed E-state index contributed by atoms with van der Waals surface area (Å²) in [6, 6.07) is 0. The van der Waals surface area contributed by atoms with Gasteiger partial charge in [0.2, 0.25) is 10.0 Å². The molecule has 10 heavy (non-hydrogen) atoms. The average Bonchev–Trinajstić information content (AvgIpc) is 2.45. The monoisotopic (exact) mass is 167 g/mol. The second-order valence-corrected chi connectivity index (χ2v) is 4.62. The van der Waals surface area contributed by atoms with Gasteiger partial charge in [-0.15, -0.1) is 0 Å². The minimum absolute atomic E-state index is 0.0613. The lowest BCUT2D eigenvalue weighted by Gasteiger charge is -2.08. The smallest absolute Gasteiger partial charge is 0.214 e. The molecule has 0 unspecified atom stereocenters. The van der Waals surface area contributed by atoms with Crippen LogP contribution in [0, 0.1) is 0 Å². The average molecular weight is 167 g/mol. The van der Waals surface area contributed by atoms with E-state index in [4.69, 9.17) is 5.14 Å². The maximum Gasteiger partial charge on any atom is 0.214 e. The molecule has 60 valence electrons. The molecule has 0 spiro atoms. The van der Waals surface area contributed by atoms with Gasteiger partial charge >= 0.3 is 0 Å². The van der Waals surface area contributed by atoms with Crippen LogP contribution in [0.2, 0.25) is 0 Å². The maximum absolute atomic E-state index is 11.7. The van der Waals surface area contributed by atoms with Crippen molar-refractivity contribution in [2.75, 3.05) is 6.67 Å². The highest BCUT2D eigenvalue weighted by molar-refractivity contribution is 7.90. The van der Waals surface area contributed by atoms with E-state index in [1.54, 1.807) is 0 Å². The third-order valence-corrected chi connectivity index (χ3v) is 3.78. The summed E-state index contributed by atoms with van der Waals surface area (Å²) in [5, 5.41) is 4.87. The van der Waals surface area contributed by atoms with Crippen LogP contribution >= 0.6 is 0 Å². The van der Waals surface area contributed by atoms with Crippen LogP contribution in [0.1, 0.15) is 19.3 Å². The Bertz CT molecular complexity index is 220. The first-order valence-corrected chi connectivity index (χ1v) is 4.65. The van der Waals surface area contributed by atoms with Crippen molar-refractivity contribution in [3.05, 3.63) is 0 Å². The summed E-state index contributed by atoms with van der Waals surface area (Å²) in [5.74, 6) is 0. The zero-order chi connectivity index (χ0) is 7.83. The van der Waals surface area contributed by atoms with Gasteiger partial charge in [0.05, 0.1) is 11.4 Å². The summed E-state index contributed by atoms with van der Waals surface area (Å²) < 4.78 is 32.3. The van der Waals surface area contributed by atoms with Gasteiger partial charge in [0.25, 0.3) is 0 Å². The largest absolute Gasteiger partial charge is 0.251 e. The lowest BCUT2D eigenvalue weighted by atomic mass is 10.3. The fourth-order valence-corrected chi connectivity index (χ4v) is 2.02. The van der Waals surface area contributed by atoms with E-state index >= 15 is 0 Å². The number of halogens is 1. The van der Waals surface area contributed by atoms with Crippen LogP contribution < -0.4 is 5.14 Å². The van der Waals surface area contributed by atoms with Crippen molar-refractivity contribution in [2.45, 2.75) is 24.0 Å². The molecule has 0 aliphatic heterocycles. The van der Waals surface area contributed by atoms with Crippen molar-refractivity contribution < 1.29 is 12.8 Å². The lowest BCUT2D eigenvalue weighted by molar-refractivity contribution is 0.453. The summed E-state index contributed by atoms with van der Waals surface area (Å²) in [6.07, 6.45) is 1.11. The number of alkyl halides is 1. The Balaban J connectivity index is 2.71. The van der Waals surface area contributed by atoms with Crippen molar-refractivity contribution >= 4 is 10.0 Å². The standard InChI is InChI=1S/C5H10FNO2S/c6-4-3-5(1-2-5)10(7,8)9/h1-4H2,(H2,7,8,9). The van der Waals surface area contributed by atoms with Crippen molar-refractivity contribution in [1.82, 2.24) is 0 Å². The van der Waals surface area contributed by atoms with Gasteiger partial charge in [0.1, 0.15) is 0 Å². The Morgan fingerprint density at radius 2 is 2.00 bits per heavy atom. The first kappa shape index (κ1) is 7.94. The molecule has 5 heteroatoms. The molecule has 2 N–H and O–H groups in total. The molecule has 0 bridgehead atoms. The van der Waals surface area contributed by atoms with Crippen LogP contribution in [0.25, 0.3) is 0 Å². The van der Waals surface area contributed by atoms with Crippen LogP contribution in [0.5, 0.6) is 0 Å². The van der Waals surface area contributed by atoms with E-state index < -0.39 is 21.4 Å². The van der Waals surface area contributed by atoms with E-state index in [1.807, 2.05) is 0 Å². The number of hydrogen-bond acceptors (Lipinski definition) is 2. The molecule has 1 fully saturated rings. The van der Waals surface area contributed by atoms with Gasteiger partial charge in [-0.2, -0.15) is 0 Å². The Labute approximate surface area is 59.5 Å². The fourth-order valence-electron chi connectivity index (χ4n) is 0.988. The van der Waals surface area contributed by atoms with E-state index in [-0.39, 0.29) is 6.42 Å². The Morgan fingerprint density at radius 3 is 2.10 bits per heavy atom. The summed E-state index contributed by atoms with van der Waals surface area (Å²) in [5.41, 5.74) is 0. The topological polar surface area (TPSA) is 60.2 Å². The van der Waals surface area contributed by atoms with Gasteiger partial charge in [-0.3, -0.25) is 4.39 Å². The molecule has 0 atom stereocenters. The molecule has 0 aromatic carbocycles. The molecule has 0 heterocycles. The van der Waals surface area contributed by atoms with E-state index in [0.717, 1.165) is 0 Å². The predicted octanol–water partition coefficient (Wildman–Crippen LogP) is 0.167. The van der Waals surface area contributed by atoms with Crippen molar-refractivity contribution in [2.24, 2.45) is 5.14 Å². The second-order valence-electron chi connectivity index (χ2n) is 2.67. The van der Waals surface area contributed by atoms with Gasteiger partial charge in [-0.05, 0) is 19.3 Å². The molecule has 1 aliphatic rings. The second kappa shape index (κ2) is 2.17. The SMILES string of the molecule is NS(=O)(=O)C1(CCF)CC1. The molecule has 1 rings (SSSR count). The normalized spacial score (nSPS) is 22.6. The fraction of sp³-hybridized carbons (Fsp3) is 1.00. The van der Waals surface area contributed by atoms with Gasteiger partial charge in [-0.1, -0.05) is 0 Å². The molecule has 0 saturated heterocycles. The van der Waals surface area contributed by atoms with Crippen LogP contribution in [0.3, 0.4) is 0 Å². The van der Waals surface area contributed by atoms with Crippen LogP contribution in [0.15, 0.2) is 0 Å². The summed E-state index contributed by atoms with van der Waals surface area (Å²) in [7, 11) is -3.49. The van der Waals surface area contributed by atoms with Crippen LogP contribution in [-0.2, 0) is 10.0 Å². The lowest BCUT2D eigenvalue weighted by Crippen LogP contribution is -2.30. The van der Waals surface area contributed by atoms with E-state index in [1.165, 1.54) is 0 Å². The van der Waals surface area contributed by atoms with E-state index in [9.17, 15) is 12.8 Å². The molecule has 3 nitrogen and oxygen atoms in total. The molecule has 1 saturated carbocycles. The van der Waals surface area contributed by atoms with E-state index in [2.05, 4.69) is 0 Å². The molecule has 0 aromatic rings. The minimum atomic E-state index is -3.49. The zero-order valence-corrected chi connectivity index (χ0v) is 6.32. The van der Waals surface area contributed by atoms with Gasteiger partial charge < -0.3 is 0 Å². The van der Waals surface area contributed by atoms with Crippen molar-refractivity contribution in [3.63, 3.8) is 0 Å².